The Kier molecular flexibility index (Phi) is 5.18. The standard InChI is InChI=1S/C10H18N4O.ClH/c1-3-10-12-9(13-15-10)7-14-5-4-11-8(2)6-14;/h8,11H,3-7H2,1-2H3;1H. The van der Waals surface area contributed by atoms with Gasteiger partial charge in [-0.3, -0.25) is 4.90 Å². The number of nitrogens with zero attached hydrogens (tertiary/aromatic N) is 3. The molecule has 2 rings (SSSR count). The predicted molar refractivity (Wildman–Crippen MR) is 63.7 cm³/mol. The van der Waals surface area contributed by atoms with Gasteiger partial charge >= 0.3 is 0 Å². The molecule has 1 aromatic rings. The van der Waals surface area contributed by atoms with E-state index in [0.29, 0.717) is 6.04 Å². The Morgan fingerprint density at radius 2 is 2.38 bits per heavy atom. The van der Waals surface area contributed by atoms with Crippen molar-refractivity contribution in [3.05, 3.63) is 11.7 Å². The van der Waals surface area contributed by atoms with Crippen LogP contribution >= 0.6 is 12.4 Å². The zero-order valence-electron chi connectivity index (χ0n) is 9.77. The molecule has 1 aromatic heterocycles. The topological polar surface area (TPSA) is 54.2 Å². The van der Waals surface area contributed by atoms with Gasteiger partial charge in [0.25, 0.3) is 0 Å². The summed E-state index contributed by atoms with van der Waals surface area (Å²) < 4.78 is 5.08. The summed E-state index contributed by atoms with van der Waals surface area (Å²) in [5.41, 5.74) is 0. The average Bonchev–Trinajstić information content (AvgIpc) is 2.65. The maximum Gasteiger partial charge on any atom is 0.226 e. The normalized spacial score (nSPS) is 21.8. The minimum Gasteiger partial charge on any atom is -0.339 e. The lowest BCUT2D eigenvalue weighted by atomic mass is 10.2. The maximum absolute atomic E-state index is 5.08. The highest BCUT2D eigenvalue weighted by atomic mass is 35.5. The highest BCUT2D eigenvalue weighted by Gasteiger charge is 2.17. The third kappa shape index (κ3) is 3.43. The fourth-order valence-corrected chi connectivity index (χ4v) is 1.85. The number of piperazine rings is 1. The summed E-state index contributed by atoms with van der Waals surface area (Å²) in [6.07, 6.45) is 0.810. The van der Waals surface area contributed by atoms with Crippen molar-refractivity contribution in [1.29, 1.82) is 0 Å². The van der Waals surface area contributed by atoms with Crippen molar-refractivity contribution in [3.8, 4) is 0 Å². The lowest BCUT2D eigenvalue weighted by Crippen LogP contribution is -2.48. The number of aromatic nitrogens is 2. The molecule has 2 heterocycles. The molecule has 0 saturated carbocycles. The molecular formula is C10H19ClN4O. The second-order valence-electron chi connectivity index (χ2n) is 4.05. The summed E-state index contributed by atoms with van der Waals surface area (Å²) in [4.78, 5) is 6.66. The molecule has 1 saturated heterocycles. The van der Waals surface area contributed by atoms with Gasteiger partial charge in [0.2, 0.25) is 5.89 Å². The fraction of sp³-hybridized carbons (Fsp3) is 0.800. The van der Waals surface area contributed by atoms with E-state index in [4.69, 9.17) is 4.52 Å². The van der Waals surface area contributed by atoms with Crippen LogP contribution < -0.4 is 5.32 Å². The van der Waals surface area contributed by atoms with Crippen molar-refractivity contribution in [2.45, 2.75) is 32.9 Å². The van der Waals surface area contributed by atoms with Gasteiger partial charge in [0.05, 0.1) is 6.54 Å². The van der Waals surface area contributed by atoms with Gasteiger partial charge < -0.3 is 9.84 Å². The Hall–Kier alpha value is -0.650. The molecule has 1 aliphatic rings. The van der Waals surface area contributed by atoms with Gasteiger partial charge in [-0.1, -0.05) is 12.1 Å². The van der Waals surface area contributed by atoms with Crippen molar-refractivity contribution < 1.29 is 4.52 Å². The minimum absolute atomic E-state index is 0. The van der Waals surface area contributed by atoms with Crippen molar-refractivity contribution in [2.75, 3.05) is 19.6 Å². The first kappa shape index (κ1) is 13.4. The van der Waals surface area contributed by atoms with E-state index in [0.717, 1.165) is 44.3 Å². The summed E-state index contributed by atoms with van der Waals surface area (Å²) in [6.45, 7) is 8.16. The van der Waals surface area contributed by atoms with Gasteiger partial charge in [-0.15, -0.1) is 12.4 Å². The zero-order valence-corrected chi connectivity index (χ0v) is 10.6. The number of aryl methyl sites for hydroxylation is 1. The van der Waals surface area contributed by atoms with E-state index < -0.39 is 0 Å². The molecule has 0 spiro atoms. The number of hydrogen-bond donors (Lipinski definition) is 1. The number of rotatable bonds is 3. The van der Waals surface area contributed by atoms with Crippen LogP contribution in [0.1, 0.15) is 25.6 Å². The summed E-state index contributed by atoms with van der Waals surface area (Å²) >= 11 is 0. The maximum atomic E-state index is 5.08. The molecule has 0 amide bonds. The molecule has 0 aromatic carbocycles. The fourth-order valence-electron chi connectivity index (χ4n) is 1.85. The molecule has 92 valence electrons. The number of hydrogen-bond acceptors (Lipinski definition) is 5. The van der Waals surface area contributed by atoms with Crippen molar-refractivity contribution in [3.63, 3.8) is 0 Å². The van der Waals surface area contributed by atoms with Gasteiger partial charge in [0, 0.05) is 32.1 Å². The molecule has 5 nitrogen and oxygen atoms in total. The van der Waals surface area contributed by atoms with Gasteiger partial charge in [-0.05, 0) is 6.92 Å². The van der Waals surface area contributed by atoms with Crippen LogP contribution in [0.3, 0.4) is 0 Å². The van der Waals surface area contributed by atoms with Crippen molar-refractivity contribution >= 4 is 12.4 Å². The van der Waals surface area contributed by atoms with E-state index in [1.54, 1.807) is 0 Å². The summed E-state index contributed by atoms with van der Waals surface area (Å²) in [7, 11) is 0. The Morgan fingerprint density at radius 1 is 1.56 bits per heavy atom. The van der Waals surface area contributed by atoms with E-state index in [-0.39, 0.29) is 12.4 Å². The highest BCUT2D eigenvalue weighted by Crippen LogP contribution is 2.05. The first-order chi connectivity index (χ1) is 7.28. The van der Waals surface area contributed by atoms with Crippen molar-refractivity contribution in [2.24, 2.45) is 0 Å². The van der Waals surface area contributed by atoms with Gasteiger partial charge in [-0.25, -0.2) is 0 Å². The SMILES string of the molecule is CCc1nc(CN2CCNC(C)C2)no1.Cl. The lowest BCUT2D eigenvalue weighted by Gasteiger charge is -2.30. The van der Waals surface area contributed by atoms with Crippen LogP contribution in [0.5, 0.6) is 0 Å². The van der Waals surface area contributed by atoms with Gasteiger partial charge in [0.1, 0.15) is 0 Å². The molecule has 1 unspecified atom stereocenters. The summed E-state index contributed by atoms with van der Waals surface area (Å²) in [5, 5.41) is 7.37. The van der Waals surface area contributed by atoms with Crippen LogP contribution in [0.2, 0.25) is 0 Å². The molecule has 16 heavy (non-hydrogen) atoms. The first-order valence-corrected chi connectivity index (χ1v) is 5.55. The van der Waals surface area contributed by atoms with E-state index in [1.165, 1.54) is 0 Å². The average molecular weight is 247 g/mol. The Morgan fingerprint density at radius 3 is 3.00 bits per heavy atom. The monoisotopic (exact) mass is 246 g/mol. The zero-order chi connectivity index (χ0) is 10.7. The second-order valence-corrected chi connectivity index (χ2v) is 4.05. The molecule has 0 radical (unpaired) electrons. The molecule has 1 fully saturated rings. The predicted octanol–water partition coefficient (Wildman–Crippen LogP) is 0.847. The first-order valence-electron chi connectivity index (χ1n) is 5.55. The molecule has 1 atom stereocenters. The molecular weight excluding hydrogens is 228 g/mol. The van der Waals surface area contributed by atoms with E-state index in [9.17, 15) is 0 Å². The van der Waals surface area contributed by atoms with Crippen LogP contribution in [0, 0.1) is 0 Å². The second kappa shape index (κ2) is 6.18. The quantitative estimate of drug-likeness (QED) is 0.857. The smallest absolute Gasteiger partial charge is 0.226 e. The minimum atomic E-state index is 0. The Bertz CT molecular complexity index is 318. The van der Waals surface area contributed by atoms with Gasteiger partial charge in [-0.2, -0.15) is 4.98 Å². The molecule has 6 heteroatoms. The van der Waals surface area contributed by atoms with Crippen molar-refractivity contribution in [1.82, 2.24) is 20.4 Å². The molecule has 1 aliphatic heterocycles. The van der Waals surface area contributed by atoms with Crippen LogP contribution in [0.25, 0.3) is 0 Å². The number of nitrogens with one attached hydrogen (secondary N) is 1. The van der Waals surface area contributed by atoms with Crippen LogP contribution in [-0.4, -0.2) is 40.7 Å². The number of halogens is 1. The van der Waals surface area contributed by atoms with Gasteiger partial charge in [0.15, 0.2) is 5.82 Å². The lowest BCUT2D eigenvalue weighted by molar-refractivity contribution is 0.193. The summed E-state index contributed by atoms with van der Waals surface area (Å²) in [5.74, 6) is 1.54. The largest absolute Gasteiger partial charge is 0.339 e. The Labute approximate surface area is 102 Å². The molecule has 0 bridgehead atoms. The summed E-state index contributed by atoms with van der Waals surface area (Å²) in [6, 6.07) is 0.552. The third-order valence-electron chi connectivity index (χ3n) is 2.63. The van der Waals surface area contributed by atoms with Crippen LogP contribution in [0.15, 0.2) is 4.52 Å². The van der Waals surface area contributed by atoms with E-state index >= 15 is 0 Å². The van der Waals surface area contributed by atoms with Crippen LogP contribution in [0.4, 0.5) is 0 Å². The van der Waals surface area contributed by atoms with E-state index in [2.05, 4.69) is 27.3 Å². The highest BCUT2D eigenvalue weighted by molar-refractivity contribution is 5.85. The van der Waals surface area contributed by atoms with Crippen LogP contribution in [-0.2, 0) is 13.0 Å². The van der Waals surface area contributed by atoms with E-state index in [1.807, 2.05) is 6.92 Å². The Balaban J connectivity index is 0.00000128. The molecule has 1 N–H and O–H groups in total. The molecule has 0 aliphatic carbocycles. The third-order valence-corrected chi connectivity index (χ3v) is 2.63.